The third-order valence-electron chi connectivity index (χ3n) is 3.34. The zero-order valence-corrected chi connectivity index (χ0v) is 13.0. The molecule has 0 bridgehead atoms. The summed E-state index contributed by atoms with van der Waals surface area (Å²) in [6, 6.07) is 5.47. The Labute approximate surface area is 132 Å². The Morgan fingerprint density at radius 2 is 2.27 bits per heavy atom. The van der Waals surface area contributed by atoms with E-state index in [0.717, 1.165) is 12.1 Å². The van der Waals surface area contributed by atoms with Crippen LogP contribution in [0.3, 0.4) is 0 Å². The van der Waals surface area contributed by atoms with Crippen LogP contribution in [0.4, 0.5) is 10.9 Å². The predicted octanol–water partition coefficient (Wildman–Crippen LogP) is 2.15. The van der Waals surface area contributed by atoms with E-state index in [-0.39, 0.29) is 18.2 Å². The van der Waals surface area contributed by atoms with Crippen molar-refractivity contribution in [1.82, 2.24) is 9.97 Å². The van der Waals surface area contributed by atoms with Crippen molar-refractivity contribution in [3.8, 4) is 0 Å². The fourth-order valence-electron chi connectivity index (χ4n) is 2.32. The van der Waals surface area contributed by atoms with Gasteiger partial charge in [0.1, 0.15) is 5.82 Å². The third-order valence-corrected chi connectivity index (χ3v) is 4.25. The van der Waals surface area contributed by atoms with E-state index in [1.165, 1.54) is 11.3 Å². The molecule has 0 aromatic carbocycles. The summed E-state index contributed by atoms with van der Waals surface area (Å²) in [4.78, 5) is 34.0. The van der Waals surface area contributed by atoms with Crippen LogP contribution in [0.15, 0.2) is 23.6 Å². The predicted molar refractivity (Wildman–Crippen MR) is 85.0 cm³/mol. The van der Waals surface area contributed by atoms with Gasteiger partial charge in [0.25, 0.3) is 0 Å². The second kappa shape index (κ2) is 6.23. The van der Waals surface area contributed by atoms with E-state index >= 15 is 0 Å². The first-order chi connectivity index (χ1) is 10.6. The number of aromatic nitrogens is 2. The number of rotatable bonds is 4. The third kappa shape index (κ3) is 3.30. The lowest BCUT2D eigenvalue weighted by molar-refractivity contribution is -0.117. The lowest BCUT2D eigenvalue weighted by Crippen LogP contribution is -2.23. The highest BCUT2D eigenvalue weighted by Gasteiger charge is 2.24. The van der Waals surface area contributed by atoms with Gasteiger partial charge in [-0.05, 0) is 25.5 Å². The number of anilines is 2. The maximum atomic E-state index is 12.0. The van der Waals surface area contributed by atoms with Crippen molar-refractivity contribution >= 4 is 34.1 Å². The molecule has 6 nitrogen and oxygen atoms in total. The fraction of sp³-hybridized carbons (Fsp3) is 0.333. The van der Waals surface area contributed by atoms with Crippen LogP contribution >= 0.6 is 11.3 Å². The molecule has 0 radical (unpaired) electrons. The van der Waals surface area contributed by atoms with Crippen LogP contribution in [0.5, 0.6) is 0 Å². The number of hydrogen-bond acceptors (Lipinski definition) is 5. The Morgan fingerprint density at radius 1 is 1.41 bits per heavy atom. The maximum Gasteiger partial charge on any atom is 0.231 e. The number of pyridine rings is 1. The molecule has 1 saturated heterocycles. The number of amides is 2. The normalized spacial score (nSPS) is 14.4. The quantitative estimate of drug-likeness (QED) is 0.938. The van der Waals surface area contributed by atoms with Crippen LogP contribution in [0.1, 0.15) is 24.2 Å². The van der Waals surface area contributed by atoms with E-state index in [1.807, 2.05) is 24.4 Å². The van der Waals surface area contributed by atoms with Gasteiger partial charge in [-0.3, -0.25) is 14.5 Å². The molecule has 114 valence electrons. The van der Waals surface area contributed by atoms with Crippen LogP contribution in [-0.2, 0) is 16.0 Å². The maximum absolute atomic E-state index is 12.0. The zero-order chi connectivity index (χ0) is 15.5. The molecule has 1 aliphatic rings. The first kappa shape index (κ1) is 14.6. The Balaban J connectivity index is 1.62. The van der Waals surface area contributed by atoms with Gasteiger partial charge in [-0.25, -0.2) is 9.97 Å². The molecule has 2 amide bonds. The molecule has 0 atom stereocenters. The molecule has 1 aliphatic heterocycles. The molecule has 1 N–H and O–H groups in total. The van der Waals surface area contributed by atoms with Gasteiger partial charge in [-0.1, -0.05) is 6.07 Å². The zero-order valence-electron chi connectivity index (χ0n) is 12.2. The first-order valence-corrected chi connectivity index (χ1v) is 7.98. The Kier molecular flexibility index (Phi) is 4.15. The van der Waals surface area contributed by atoms with E-state index in [2.05, 4.69) is 15.3 Å². The van der Waals surface area contributed by atoms with Gasteiger partial charge < -0.3 is 5.32 Å². The van der Waals surface area contributed by atoms with Crippen molar-refractivity contribution in [2.24, 2.45) is 0 Å². The molecule has 3 heterocycles. The molecule has 0 saturated carbocycles. The van der Waals surface area contributed by atoms with Crippen LogP contribution in [0.2, 0.25) is 0 Å². The molecule has 2 aromatic rings. The number of carbonyl (C=O) groups excluding carboxylic acids is 2. The fourth-order valence-corrected chi connectivity index (χ4v) is 3.18. The van der Waals surface area contributed by atoms with Crippen molar-refractivity contribution in [3.05, 3.63) is 35.0 Å². The Bertz CT molecular complexity index is 713. The highest BCUT2D eigenvalue weighted by Crippen LogP contribution is 2.25. The number of hydrogen-bond donors (Lipinski definition) is 1. The first-order valence-electron chi connectivity index (χ1n) is 7.10. The number of thiazole rings is 1. The average Bonchev–Trinajstić information content (AvgIpc) is 3.07. The monoisotopic (exact) mass is 316 g/mol. The van der Waals surface area contributed by atoms with Crippen LogP contribution in [0, 0.1) is 6.92 Å². The number of nitrogens with zero attached hydrogens (tertiary/aromatic N) is 3. The lowest BCUT2D eigenvalue weighted by Gasteiger charge is -2.10. The number of carbonyl (C=O) groups is 2. The molecule has 0 aliphatic carbocycles. The van der Waals surface area contributed by atoms with E-state index in [9.17, 15) is 9.59 Å². The summed E-state index contributed by atoms with van der Waals surface area (Å²) in [5.41, 5.74) is 1.52. The van der Waals surface area contributed by atoms with E-state index < -0.39 is 0 Å². The Hall–Kier alpha value is -2.28. The lowest BCUT2D eigenvalue weighted by atomic mass is 10.3. The highest BCUT2D eigenvalue weighted by molar-refractivity contribution is 7.14. The molecular formula is C15H16N4O2S. The minimum atomic E-state index is -0.164. The molecule has 2 aromatic heterocycles. The molecule has 0 unspecified atom stereocenters. The molecule has 7 heteroatoms. The van der Waals surface area contributed by atoms with Gasteiger partial charge in [-0.15, -0.1) is 11.3 Å². The van der Waals surface area contributed by atoms with Gasteiger partial charge >= 0.3 is 0 Å². The standard InChI is InChI=1S/C15H16N4O2S/c1-10-4-2-5-12(16-10)18-13(20)8-11-9-22-15(17-11)19-7-3-6-14(19)21/h2,4-5,9H,3,6-8H2,1H3,(H,16,18,20). The molecular weight excluding hydrogens is 300 g/mol. The summed E-state index contributed by atoms with van der Waals surface area (Å²) in [6.45, 7) is 2.58. The van der Waals surface area contributed by atoms with Gasteiger partial charge in [0.15, 0.2) is 5.13 Å². The topological polar surface area (TPSA) is 75.2 Å². The number of nitrogens with one attached hydrogen (secondary N) is 1. The van der Waals surface area contributed by atoms with Gasteiger partial charge in [0.2, 0.25) is 11.8 Å². The van der Waals surface area contributed by atoms with Crippen molar-refractivity contribution in [2.45, 2.75) is 26.2 Å². The number of aryl methyl sites for hydroxylation is 1. The van der Waals surface area contributed by atoms with Crippen LogP contribution in [0.25, 0.3) is 0 Å². The van der Waals surface area contributed by atoms with Gasteiger partial charge in [0, 0.05) is 24.0 Å². The van der Waals surface area contributed by atoms with Gasteiger partial charge in [-0.2, -0.15) is 0 Å². The summed E-state index contributed by atoms with van der Waals surface area (Å²) in [7, 11) is 0. The van der Waals surface area contributed by atoms with Crippen molar-refractivity contribution in [3.63, 3.8) is 0 Å². The molecule has 3 rings (SSSR count). The van der Waals surface area contributed by atoms with Gasteiger partial charge in [0.05, 0.1) is 12.1 Å². The van der Waals surface area contributed by atoms with E-state index in [0.29, 0.717) is 29.6 Å². The van der Waals surface area contributed by atoms with Crippen molar-refractivity contribution in [1.29, 1.82) is 0 Å². The Morgan fingerprint density at radius 3 is 3.00 bits per heavy atom. The second-order valence-electron chi connectivity index (χ2n) is 5.16. The summed E-state index contributed by atoms with van der Waals surface area (Å²) < 4.78 is 0. The average molecular weight is 316 g/mol. The highest BCUT2D eigenvalue weighted by atomic mass is 32.1. The SMILES string of the molecule is Cc1cccc(NC(=O)Cc2csc(N3CCCC3=O)n2)n1. The minimum Gasteiger partial charge on any atom is -0.310 e. The second-order valence-corrected chi connectivity index (χ2v) is 6.00. The van der Waals surface area contributed by atoms with Crippen LogP contribution < -0.4 is 10.2 Å². The molecule has 0 spiro atoms. The van der Waals surface area contributed by atoms with Crippen LogP contribution in [-0.4, -0.2) is 28.3 Å². The van der Waals surface area contributed by atoms with E-state index in [1.54, 1.807) is 11.0 Å². The molecule has 1 fully saturated rings. The summed E-state index contributed by atoms with van der Waals surface area (Å²) in [5, 5.41) is 5.26. The summed E-state index contributed by atoms with van der Waals surface area (Å²) >= 11 is 1.40. The summed E-state index contributed by atoms with van der Waals surface area (Å²) in [6.07, 6.45) is 1.62. The van der Waals surface area contributed by atoms with E-state index in [4.69, 9.17) is 0 Å². The summed E-state index contributed by atoms with van der Waals surface area (Å²) in [5.74, 6) is 0.479. The largest absolute Gasteiger partial charge is 0.310 e. The smallest absolute Gasteiger partial charge is 0.231 e. The molecule has 22 heavy (non-hydrogen) atoms. The minimum absolute atomic E-state index is 0.106. The van der Waals surface area contributed by atoms with Crippen molar-refractivity contribution < 1.29 is 9.59 Å². The van der Waals surface area contributed by atoms with Crippen molar-refractivity contribution in [2.75, 3.05) is 16.8 Å².